The minimum atomic E-state index is 0.481. The van der Waals surface area contributed by atoms with Crippen LogP contribution in [0.4, 0.5) is 0 Å². The zero-order chi connectivity index (χ0) is 17.2. The lowest BCUT2D eigenvalue weighted by atomic mass is 10.1. The van der Waals surface area contributed by atoms with E-state index in [1.165, 1.54) is 56.7 Å². The van der Waals surface area contributed by atoms with E-state index in [0.29, 0.717) is 6.04 Å². The van der Waals surface area contributed by atoms with Crippen molar-refractivity contribution in [3.8, 4) is 0 Å². The molecule has 2 aromatic heterocycles. The van der Waals surface area contributed by atoms with Crippen molar-refractivity contribution < 1.29 is 0 Å². The molecule has 2 aliphatic heterocycles. The molecular weight excluding hydrogens is 312 g/mol. The van der Waals surface area contributed by atoms with Gasteiger partial charge >= 0.3 is 0 Å². The Labute approximate surface area is 150 Å². The summed E-state index contributed by atoms with van der Waals surface area (Å²) in [5.74, 6) is 0. The largest absolute Gasteiger partial charge is 0.303 e. The molecule has 0 radical (unpaired) electrons. The number of hydrogen-bond donors (Lipinski definition) is 0. The number of nitrogens with zero attached hydrogens (tertiary/aromatic N) is 6. The fourth-order valence-electron chi connectivity index (χ4n) is 4.35. The van der Waals surface area contributed by atoms with Crippen molar-refractivity contribution in [2.24, 2.45) is 7.05 Å². The predicted octanol–water partition coefficient (Wildman–Crippen LogP) is 2.36. The molecule has 0 unspecified atom stereocenters. The third-order valence-electron chi connectivity index (χ3n) is 5.66. The summed E-state index contributed by atoms with van der Waals surface area (Å²) >= 11 is 0. The summed E-state index contributed by atoms with van der Waals surface area (Å²) in [4.78, 5) is 5.18. The van der Waals surface area contributed by atoms with Crippen LogP contribution in [0, 0.1) is 6.92 Å². The van der Waals surface area contributed by atoms with Crippen LogP contribution in [-0.2, 0) is 20.1 Å². The van der Waals surface area contributed by atoms with Crippen LogP contribution in [0.1, 0.15) is 48.8 Å². The standard InChI is InChI=1S/C19H30N6/c1-16-12-19(22(2)21-16)15-24-13-17-6-8-20-25(17)18(14-24)7-11-23-9-4-3-5-10-23/h6,8,12,18H,3-5,7,9-11,13-15H2,1-2H3/t18-/m1/s1. The van der Waals surface area contributed by atoms with E-state index < -0.39 is 0 Å². The highest BCUT2D eigenvalue weighted by atomic mass is 15.4. The molecule has 1 atom stereocenters. The molecule has 2 aromatic rings. The maximum Gasteiger partial charge on any atom is 0.0662 e. The first kappa shape index (κ1) is 16.8. The highest BCUT2D eigenvalue weighted by Gasteiger charge is 2.26. The van der Waals surface area contributed by atoms with E-state index in [9.17, 15) is 0 Å². The lowest BCUT2D eigenvalue weighted by molar-refractivity contribution is 0.140. The molecule has 1 saturated heterocycles. The molecule has 0 spiro atoms. The van der Waals surface area contributed by atoms with Crippen LogP contribution in [0.25, 0.3) is 0 Å². The fraction of sp³-hybridized carbons (Fsp3) is 0.684. The molecule has 0 aromatic carbocycles. The number of likely N-dealkylation sites (tertiary alicyclic amines) is 1. The van der Waals surface area contributed by atoms with Gasteiger partial charge in [0.05, 0.1) is 23.1 Å². The van der Waals surface area contributed by atoms with Gasteiger partial charge < -0.3 is 4.90 Å². The van der Waals surface area contributed by atoms with E-state index >= 15 is 0 Å². The van der Waals surface area contributed by atoms with Crippen molar-refractivity contribution in [2.45, 2.75) is 51.7 Å². The van der Waals surface area contributed by atoms with Gasteiger partial charge in [0.1, 0.15) is 0 Å². The number of fused-ring (bicyclic) bond motifs is 1. The molecule has 6 nitrogen and oxygen atoms in total. The molecule has 0 bridgehead atoms. The van der Waals surface area contributed by atoms with Crippen LogP contribution >= 0.6 is 0 Å². The summed E-state index contributed by atoms with van der Waals surface area (Å²) in [5.41, 5.74) is 3.73. The van der Waals surface area contributed by atoms with Crippen LogP contribution in [-0.4, -0.2) is 55.5 Å². The number of aryl methyl sites for hydroxylation is 2. The third-order valence-corrected chi connectivity index (χ3v) is 5.66. The third kappa shape index (κ3) is 3.80. The minimum absolute atomic E-state index is 0.481. The van der Waals surface area contributed by atoms with Gasteiger partial charge in [-0.3, -0.25) is 14.3 Å². The van der Waals surface area contributed by atoms with E-state index in [4.69, 9.17) is 0 Å². The van der Waals surface area contributed by atoms with Crippen molar-refractivity contribution >= 4 is 0 Å². The zero-order valence-corrected chi connectivity index (χ0v) is 15.6. The minimum Gasteiger partial charge on any atom is -0.303 e. The summed E-state index contributed by atoms with van der Waals surface area (Å²) in [7, 11) is 2.05. The van der Waals surface area contributed by atoms with Gasteiger partial charge in [0.2, 0.25) is 0 Å². The second-order valence-electron chi connectivity index (χ2n) is 7.68. The van der Waals surface area contributed by atoms with Crippen LogP contribution in [0.3, 0.4) is 0 Å². The normalized spacial score (nSPS) is 22.2. The zero-order valence-electron chi connectivity index (χ0n) is 15.6. The second-order valence-corrected chi connectivity index (χ2v) is 7.68. The van der Waals surface area contributed by atoms with E-state index in [1.807, 2.05) is 17.9 Å². The molecule has 25 heavy (non-hydrogen) atoms. The van der Waals surface area contributed by atoms with Gasteiger partial charge in [-0.15, -0.1) is 0 Å². The molecule has 0 N–H and O–H groups in total. The molecule has 6 heteroatoms. The number of piperidine rings is 1. The first-order chi connectivity index (χ1) is 12.2. The van der Waals surface area contributed by atoms with E-state index in [1.54, 1.807) is 0 Å². The van der Waals surface area contributed by atoms with Gasteiger partial charge in [0, 0.05) is 39.4 Å². The first-order valence-corrected chi connectivity index (χ1v) is 9.65. The van der Waals surface area contributed by atoms with Gasteiger partial charge in [-0.25, -0.2) is 0 Å². The predicted molar refractivity (Wildman–Crippen MR) is 98.2 cm³/mol. The van der Waals surface area contributed by atoms with Crippen molar-refractivity contribution in [1.29, 1.82) is 0 Å². The fourth-order valence-corrected chi connectivity index (χ4v) is 4.35. The summed E-state index contributed by atoms with van der Waals surface area (Å²) in [5, 5.41) is 9.11. The monoisotopic (exact) mass is 342 g/mol. The first-order valence-electron chi connectivity index (χ1n) is 9.65. The van der Waals surface area contributed by atoms with E-state index in [0.717, 1.165) is 25.3 Å². The molecule has 0 amide bonds. The number of aromatic nitrogens is 4. The van der Waals surface area contributed by atoms with Gasteiger partial charge in [0.15, 0.2) is 0 Å². The Morgan fingerprint density at radius 3 is 2.76 bits per heavy atom. The van der Waals surface area contributed by atoms with Crippen molar-refractivity contribution in [3.05, 3.63) is 35.4 Å². The summed E-state index contributed by atoms with van der Waals surface area (Å²) in [6, 6.07) is 4.86. The average molecular weight is 342 g/mol. The lowest BCUT2D eigenvalue weighted by Crippen LogP contribution is -2.40. The van der Waals surface area contributed by atoms with E-state index in [-0.39, 0.29) is 0 Å². The lowest BCUT2D eigenvalue weighted by Gasteiger charge is -2.35. The van der Waals surface area contributed by atoms with Crippen molar-refractivity contribution in [2.75, 3.05) is 26.2 Å². The quantitative estimate of drug-likeness (QED) is 0.836. The van der Waals surface area contributed by atoms with Crippen LogP contribution in [0.5, 0.6) is 0 Å². The molecule has 4 heterocycles. The highest BCUT2D eigenvalue weighted by Crippen LogP contribution is 2.25. The number of hydrogen-bond acceptors (Lipinski definition) is 4. The second kappa shape index (κ2) is 7.30. The average Bonchev–Trinajstić information content (AvgIpc) is 3.20. The Bertz CT molecular complexity index is 697. The van der Waals surface area contributed by atoms with Crippen LogP contribution in [0.15, 0.2) is 18.3 Å². The molecule has 1 fully saturated rings. The Balaban J connectivity index is 1.42. The topological polar surface area (TPSA) is 42.1 Å². The van der Waals surface area contributed by atoms with Gasteiger partial charge in [-0.05, 0) is 51.4 Å². The molecule has 2 aliphatic rings. The van der Waals surface area contributed by atoms with Crippen molar-refractivity contribution in [1.82, 2.24) is 29.4 Å². The summed E-state index contributed by atoms with van der Waals surface area (Å²) in [6.07, 6.45) is 7.28. The Kier molecular flexibility index (Phi) is 4.90. The smallest absolute Gasteiger partial charge is 0.0662 e. The molecule has 0 aliphatic carbocycles. The summed E-state index contributed by atoms with van der Waals surface area (Å²) < 4.78 is 4.29. The van der Waals surface area contributed by atoms with E-state index in [2.05, 4.69) is 43.7 Å². The Hall–Kier alpha value is -1.66. The highest BCUT2D eigenvalue weighted by molar-refractivity contribution is 5.10. The molecular formula is C19H30N6. The van der Waals surface area contributed by atoms with Gasteiger partial charge in [-0.1, -0.05) is 6.42 Å². The van der Waals surface area contributed by atoms with Crippen LogP contribution in [0.2, 0.25) is 0 Å². The Morgan fingerprint density at radius 2 is 2.00 bits per heavy atom. The molecule has 4 rings (SSSR count). The summed E-state index contributed by atoms with van der Waals surface area (Å²) in [6.45, 7) is 8.83. The Morgan fingerprint density at radius 1 is 1.16 bits per heavy atom. The van der Waals surface area contributed by atoms with Crippen LogP contribution < -0.4 is 0 Å². The maximum atomic E-state index is 4.62. The van der Waals surface area contributed by atoms with Gasteiger partial charge in [-0.2, -0.15) is 10.2 Å². The SMILES string of the molecule is Cc1cc(CN2Cc3ccnn3[C@H](CCN3CCCCC3)C2)n(C)n1. The molecule has 136 valence electrons. The number of rotatable bonds is 5. The molecule has 0 saturated carbocycles. The maximum absolute atomic E-state index is 4.62. The van der Waals surface area contributed by atoms with Crippen molar-refractivity contribution in [3.63, 3.8) is 0 Å². The van der Waals surface area contributed by atoms with Gasteiger partial charge in [0.25, 0.3) is 0 Å².